The number of furan rings is 1. The Labute approximate surface area is 166 Å². The van der Waals surface area contributed by atoms with E-state index in [0.717, 1.165) is 41.2 Å². The molecule has 1 amide bonds. The summed E-state index contributed by atoms with van der Waals surface area (Å²) in [5, 5.41) is 4.43. The van der Waals surface area contributed by atoms with Crippen LogP contribution in [0, 0.1) is 6.92 Å². The SMILES string of the molecule is Cc1c(C(=O)N2CCN(Cc3ccco3)CC2)cnn1-c1ccc(Br)cc1. The number of hydrogen-bond donors (Lipinski definition) is 0. The third kappa shape index (κ3) is 3.84. The first-order chi connectivity index (χ1) is 13.1. The number of aromatic nitrogens is 2. The van der Waals surface area contributed by atoms with E-state index in [9.17, 15) is 4.79 Å². The second-order valence-electron chi connectivity index (χ2n) is 6.68. The molecule has 2 aromatic heterocycles. The van der Waals surface area contributed by atoms with Crippen LogP contribution in [0.2, 0.25) is 0 Å². The molecule has 4 rings (SSSR count). The van der Waals surface area contributed by atoms with Gasteiger partial charge in [0.05, 0.1) is 35.9 Å². The van der Waals surface area contributed by atoms with Gasteiger partial charge in [-0.1, -0.05) is 15.9 Å². The molecule has 140 valence electrons. The van der Waals surface area contributed by atoms with E-state index in [-0.39, 0.29) is 5.91 Å². The van der Waals surface area contributed by atoms with Crippen molar-refractivity contribution in [2.45, 2.75) is 13.5 Å². The number of benzene rings is 1. The molecule has 1 fully saturated rings. The zero-order valence-electron chi connectivity index (χ0n) is 15.1. The summed E-state index contributed by atoms with van der Waals surface area (Å²) in [6.07, 6.45) is 3.37. The van der Waals surface area contributed by atoms with Crippen molar-refractivity contribution in [1.82, 2.24) is 19.6 Å². The molecule has 1 aliphatic heterocycles. The molecule has 0 bridgehead atoms. The first-order valence-corrected chi connectivity index (χ1v) is 9.76. The van der Waals surface area contributed by atoms with Gasteiger partial charge in [-0.25, -0.2) is 4.68 Å². The van der Waals surface area contributed by atoms with E-state index in [1.54, 1.807) is 12.5 Å². The Morgan fingerprint density at radius 2 is 1.89 bits per heavy atom. The van der Waals surface area contributed by atoms with Gasteiger partial charge < -0.3 is 9.32 Å². The zero-order chi connectivity index (χ0) is 18.8. The van der Waals surface area contributed by atoms with Gasteiger partial charge in [-0.3, -0.25) is 9.69 Å². The first kappa shape index (κ1) is 18.0. The highest BCUT2D eigenvalue weighted by Crippen LogP contribution is 2.19. The fourth-order valence-electron chi connectivity index (χ4n) is 3.36. The molecule has 0 atom stereocenters. The molecule has 6 nitrogen and oxygen atoms in total. The van der Waals surface area contributed by atoms with E-state index in [1.807, 2.05) is 52.9 Å². The normalized spacial score (nSPS) is 15.3. The second kappa shape index (κ2) is 7.70. The Morgan fingerprint density at radius 3 is 2.56 bits per heavy atom. The molecule has 27 heavy (non-hydrogen) atoms. The quantitative estimate of drug-likeness (QED) is 0.637. The van der Waals surface area contributed by atoms with Gasteiger partial charge in [-0.05, 0) is 43.3 Å². The molecule has 0 N–H and O–H groups in total. The molecule has 0 saturated carbocycles. The van der Waals surface area contributed by atoms with Gasteiger partial charge in [0.1, 0.15) is 5.76 Å². The van der Waals surface area contributed by atoms with Crippen molar-refractivity contribution in [3.8, 4) is 5.69 Å². The van der Waals surface area contributed by atoms with Crippen LogP contribution in [-0.4, -0.2) is 51.7 Å². The molecule has 0 spiro atoms. The summed E-state index contributed by atoms with van der Waals surface area (Å²) < 4.78 is 8.24. The van der Waals surface area contributed by atoms with Crippen LogP contribution in [0.15, 0.2) is 57.7 Å². The summed E-state index contributed by atoms with van der Waals surface area (Å²) in [5.74, 6) is 1.01. The Kier molecular flexibility index (Phi) is 5.13. The Balaban J connectivity index is 1.42. The van der Waals surface area contributed by atoms with E-state index in [4.69, 9.17) is 4.42 Å². The standard InChI is InChI=1S/C20H21BrN4O2/c1-15-19(13-22-25(15)17-6-4-16(21)5-7-17)20(26)24-10-8-23(9-11-24)14-18-3-2-12-27-18/h2-7,12-13H,8-11,14H2,1H3. The molecule has 1 aliphatic rings. The van der Waals surface area contributed by atoms with Crippen LogP contribution in [0.5, 0.6) is 0 Å². The van der Waals surface area contributed by atoms with Crippen LogP contribution in [0.25, 0.3) is 5.69 Å². The Hall–Kier alpha value is -2.38. The minimum absolute atomic E-state index is 0.0495. The van der Waals surface area contributed by atoms with E-state index >= 15 is 0 Å². The number of carbonyl (C=O) groups excluding carboxylic acids is 1. The van der Waals surface area contributed by atoms with Crippen molar-refractivity contribution in [1.29, 1.82) is 0 Å². The third-order valence-corrected chi connectivity index (χ3v) is 5.46. The largest absolute Gasteiger partial charge is 0.468 e. The van der Waals surface area contributed by atoms with E-state index in [1.165, 1.54) is 0 Å². The molecule has 0 radical (unpaired) electrons. The zero-order valence-corrected chi connectivity index (χ0v) is 16.7. The van der Waals surface area contributed by atoms with Crippen molar-refractivity contribution in [2.75, 3.05) is 26.2 Å². The summed E-state index contributed by atoms with van der Waals surface area (Å²) in [7, 11) is 0. The highest BCUT2D eigenvalue weighted by Gasteiger charge is 2.25. The summed E-state index contributed by atoms with van der Waals surface area (Å²) >= 11 is 3.44. The lowest BCUT2D eigenvalue weighted by molar-refractivity contribution is 0.0619. The van der Waals surface area contributed by atoms with Crippen LogP contribution in [0.3, 0.4) is 0 Å². The lowest BCUT2D eigenvalue weighted by Gasteiger charge is -2.34. The van der Waals surface area contributed by atoms with E-state index in [2.05, 4.69) is 25.9 Å². The predicted molar refractivity (Wildman–Crippen MR) is 106 cm³/mol. The molecule has 0 unspecified atom stereocenters. The number of nitrogens with zero attached hydrogens (tertiary/aromatic N) is 4. The number of piperazine rings is 1. The summed E-state index contributed by atoms with van der Waals surface area (Å²) in [5.41, 5.74) is 2.47. The van der Waals surface area contributed by atoms with Crippen molar-refractivity contribution < 1.29 is 9.21 Å². The summed E-state index contributed by atoms with van der Waals surface area (Å²) in [4.78, 5) is 17.2. The maximum Gasteiger partial charge on any atom is 0.257 e. The van der Waals surface area contributed by atoms with E-state index < -0.39 is 0 Å². The Morgan fingerprint density at radius 1 is 1.15 bits per heavy atom. The molecule has 1 saturated heterocycles. The average Bonchev–Trinajstić information content (AvgIpc) is 3.32. The molecule has 0 aliphatic carbocycles. The van der Waals surface area contributed by atoms with Gasteiger partial charge in [-0.15, -0.1) is 0 Å². The fourth-order valence-corrected chi connectivity index (χ4v) is 3.63. The average molecular weight is 429 g/mol. The highest BCUT2D eigenvalue weighted by atomic mass is 79.9. The van der Waals surface area contributed by atoms with Gasteiger partial charge in [-0.2, -0.15) is 5.10 Å². The number of amides is 1. The molecule has 7 heteroatoms. The summed E-state index contributed by atoms with van der Waals surface area (Å²) in [6, 6.07) is 11.8. The molecule has 3 heterocycles. The van der Waals surface area contributed by atoms with Crippen LogP contribution >= 0.6 is 15.9 Å². The number of carbonyl (C=O) groups is 1. The third-order valence-electron chi connectivity index (χ3n) is 4.93. The number of hydrogen-bond acceptors (Lipinski definition) is 4. The predicted octanol–water partition coefficient (Wildman–Crippen LogP) is 3.49. The highest BCUT2D eigenvalue weighted by molar-refractivity contribution is 9.10. The molecular formula is C20H21BrN4O2. The van der Waals surface area contributed by atoms with Crippen molar-refractivity contribution >= 4 is 21.8 Å². The van der Waals surface area contributed by atoms with E-state index in [0.29, 0.717) is 18.7 Å². The van der Waals surface area contributed by atoms with Crippen molar-refractivity contribution in [2.24, 2.45) is 0 Å². The topological polar surface area (TPSA) is 54.5 Å². The monoisotopic (exact) mass is 428 g/mol. The van der Waals surface area contributed by atoms with Crippen molar-refractivity contribution in [3.63, 3.8) is 0 Å². The van der Waals surface area contributed by atoms with Crippen LogP contribution in [0.1, 0.15) is 21.8 Å². The lowest BCUT2D eigenvalue weighted by Crippen LogP contribution is -2.48. The van der Waals surface area contributed by atoms with Gasteiger partial charge in [0.2, 0.25) is 0 Å². The lowest BCUT2D eigenvalue weighted by atomic mass is 10.2. The van der Waals surface area contributed by atoms with Gasteiger partial charge in [0.25, 0.3) is 5.91 Å². The number of halogens is 1. The molecule has 1 aromatic carbocycles. The van der Waals surface area contributed by atoms with Crippen LogP contribution < -0.4 is 0 Å². The van der Waals surface area contributed by atoms with Crippen LogP contribution in [-0.2, 0) is 6.54 Å². The number of rotatable bonds is 4. The van der Waals surface area contributed by atoms with Gasteiger partial charge in [0.15, 0.2) is 0 Å². The van der Waals surface area contributed by atoms with Gasteiger partial charge >= 0.3 is 0 Å². The van der Waals surface area contributed by atoms with Crippen LogP contribution in [0.4, 0.5) is 0 Å². The fraction of sp³-hybridized carbons (Fsp3) is 0.300. The van der Waals surface area contributed by atoms with Gasteiger partial charge in [0, 0.05) is 30.7 Å². The molecule has 3 aromatic rings. The second-order valence-corrected chi connectivity index (χ2v) is 7.60. The summed E-state index contributed by atoms with van der Waals surface area (Å²) in [6.45, 7) is 5.83. The minimum Gasteiger partial charge on any atom is -0.468 e. The first-order valence-electron chi connectivity index (χ1n) is 8.96. The Bertz CT molecular complexity index is 910. The molecular weight excluding hydrogens is 408 g/mol. The smallest absolute Gasteiger partial charge is 0.257 e. The maximum atomic E-state index is 13.0. The maximum absolute atomic E-state index is 13.0. The minimum atomic E-state index is 0.0495. The van der Waals surface area contributed by atoms with Crippen molar-refractivity contribution in [3.05, 3.63) is 70.3 Å².